The Bertz CT molecular complexity index is 2540. The Morgan fingerprint density at radius 1 is 0.574 bits per heavy atom. The molecule has 0 amide bonds. The number of ether oxygens (including phenoxy) is 2. The first kappa shape index (κ1) is 45.7. The van der Waals surface area contributed by atoms with Gasteiger partial charge in [0.15, 0.2) is 0 Å². The molecule has 0 unspecified atom stereocenters. The average molecular weight is 867 g/mol. The largest absolute Gasteiger partial charge is 0.506 e. The Labute approximate surface area is 356 Å². The van der Waals surface area contributed by atoms with E-state index < -0.39 is 33.3 Å². The summed E-state index contributed by atoms with van der Waals surface area (Å²) < 4.78 is 9.73. The van der Waals surface area contributed by atoms with E-state index in [0.717, 1.165) is 35.1 Å². The van der Waals surface area contributed by atoms with Crippen molar-refractivity contribution in [3.8, 4) is 23.0 Å². The molecule has 0 bridgehead atoms. The minimum Gasteiger partial charge on any atom is -0.506 e. The molecule has 0 radical (unpaired) electrons. The fourth-order valence-corrected chi connectivity index (χ4v) is 5.66. The number of nitro benzene ring substituents is 2. The molecule has 61 heavy (non-hydrogen) atoms. The summed E-state index contributed by atoms with van der Waals surface area (Å²) in [5, 5.41) is 82.2. The van der Waals surface area contributed by atoms with Crippen LogP contribution in [-0.2, 0) is 49.3 Å². The normalized spacial score (nSPS) is 10.8. The van der Waals surface area contributed by atoms with Crippen molar-refractivity contribution < 1.29 is 66.7 Å². The average Bonchev–Trinajstić information content (AvgIpc) is 3.24. The molecule has 0 fully saturated rings. The van der Waals surface area contributed by atoms with Gasteiger partial charge in [-0.2, -0.15) is 0 Å². The molecule has 0 aliphatic carbocycles. The zero-order chi connectivity index (χ0) is 43.3. The van der Waals surface area contributed by atoms with Crippen LogP contribution in [0.4, 0.5) is 34.1 Å². The molecular formula is C42H34CrN6O12. The summed E-state index contributed by atoms with van der Waals surface area (Å²) in [6.45, 7) is 6.32. The number of carbonyl (C=O) groups excluding carboxylic acids is 2. The van der Waals surface area contributed by atoms with Gasteiger partial charge < -0.3 is 29.9 Å². The van der Waals surface area contributed by atoms with E-state index in [4.69, 9.17) is 9.47 Å². The third kappa shape index (κ3) is 11.6. The monoisotopic (exact) mass is 866 g/mol. The Kier molecular flexibility index (Phi) is 15.8. The fraction of sp³-hybridized carbons (Fsp3) is 0.0952. The van der Waals surface area contributed by atoms with Gasteiger partial charge in [-0.1, -0.05) is 73.8 Å². The SMILES string of the molecule is C=CC(=O)OCCc1cc(N=Nc2c(O)ccc3ccccc23)c(O)cc1[N+](=O)[O-].C=CC(=O)OCCc1cc(N=Nc2c(O)ccc3ccccc23)c(O)cc1[N+](=O)[O-].[Cr]. The Hall–Kier alpha value is -8.01. The molecule has 0 heterocycles. The molecule has 0 aromatic heterocycles. The van der Waals surface area contributed by atoms with Crippen LogP contribution in [0, 0.1) is 20.2 Å². The number of nitro groups is 2. The van der Waals surface area contributed by atoms with E-state index in [1.807, 2.05) is 24.3 Å². The number of carbonyl (C=O) groups is 2. The van der Waals surface area contributed by atoms with Crippen LogP contribution in [0.1, 0.15) is 11.1 Å². The van der Waals surface area contributed by atoms with Crippen LogP contribution in [0.25, 0.3) is 21.5 Å². The number of phenols is 4. The molecule has 0 atom stereocenters. The number of esters is 2. The van der Waals surface area contributed by atoms with Gasteiger partial charge in [0.25, 0.3) is 11.4 Å². The maximum absolute atomic E-state index is 11.3. The smallest absolute Gasteiger partial charge is 0.330 e. The van der Waals surface area contributed by atoms with Crippen LogP contribution in [0.2, 0.25) is 0 Å². The Morgan fingerprint density at radius 2 is 0.951 bits per heavy atom. The number of aromatic hydroxyl groups is 4. The first-order valence-corrected chi connectivity index (χ1v) is 17.6. The van der Waals surface area contributed by atoms with E-state index in [0.29, 0.717) is 10.8 Å². The number of hydrogen-bond donors (Lipinski definition) is 4. The van der Waals surface area contributed by atoms with Gasteiger partial charge in [0.05, 0.1) is 35.2 Å². The van der Waals surface area contributed by atoms with E-state index in [1.54, 1.807) is 36.4 Å². The maximum atomic E-state index is 11.3. The van der Waals surface area contributed by atoms with Crippen molar-refractivity contribution in [3.63, 3.8) is 0 Å². The van der Waals surface area contributed by atoms with Crippen LogP contribution in [0.5, 0.6) is 23.0 Å². The second-order valence-electron chi connectivity index (χ2n) is 12.4. The summed E-state index contributed by atoms with van der Waals surface area (Å²) in [7, 11) is 0. The summed E-state index contributed by atoms with van der Waals surface area (Å²) in [5.74, 6) is -2.40. The third-order valence-electron chi connectivity index (χ3n) is 8.58. The van der Waals surface area contributed by atoms with Gasteiger partial charge in [-0.05, 0) is 35.0 Å². The molecule has 0 saturated heterocycles. The molecule has 6 aromatic carbocycles. The molecule has 0 aliphatic rings. The fourth-order valence-electron chi connectivity index (χ4n) is 5.66. The summed E-state index contributed by atoms with van der Waals surface area (Å²) in [6.07, 6.45) is 2.03. The zero-order valence-electron chi connectivity index (χ0n) is 31.8. The van der Waals surface area contributed by atoms with Crippen molar-refractivity contribution in [2.45, 2.75) is 12.8 Å². The Morgan fingerprint density at radius 3 is 1.31 bits per heavy atom. The van der Waals surface area contributed by atoms with E-state index >= 15 is 0 Å². The molecule has 6 aromatic rings. The van der Waals surface area contributed by atoms with Gasteiger partial charge in [-0.25, -0.2) is 9.59 Å². The van der Waals surface area contributed by atoms with E-state index in [2.05, 4.69) is 33.6 Å². The van der Waals surface area contributed by atoms with Crippen LogP contribution >= 0.6 is 0 Å². The van der Waals surface area contributed by atoms with Gasteiger partial charge in [-0.3, -0.25) is 20.2 Å². The van der Waals surface area contributed by atoms with Crippen LogP contribution < -0.4 is 0 Å². The van der Waals surface area contributed by atoms with Crippen molar-refractivity contribution in [1.82, 2.24) is 0 Å². The number of rotatable bonds is 14. The number of hydrogen-bond acceptors (Lipinski definition) is 16. The molecule has 0 spiro atoms. The number of phenolic OH excluding ortho intramolecular Hbond substituents is 4. The van der Waals surface area contributed by atoms with Crippen molar-refractivity contribution >= 4 is 67.6 Å². The van der Waals surface area contributed by atoms with Crippen molar-refractivity contribution in [1.29, 1.82) is 0 Å². The summed E-state index contributed by atoms with van der Waals surface area (Å²) in [4.78, 5) is 43.6. The van der Waals surface area contributed by atoms with Gasteiger partial charge in [0.2, 0.25) is 0 Å². The van der Waals surface area contributed by atoms with E-state index in [-0.39, 0.29) is 100 Å². The topological polar surface area (TPSA) is 269 Å². The molecule has 19 heteroatoms. The van der Waals surface area contributed by atoms with E-state index in [9.17, 15) is 50.2 Å². The van der Waals surface area contributed by atoms with Gasteiger partial charge in [0, 0.05) is 64.3 Å². The molecule has 310 valence electrons. The Balaban J connectivity index is 0.000000264. The van der Waals surface area contributed by atoms with Crippen molar-refractivity contribution in [2.24, 2.45) is 20.5 Å². The second kappa shape index (κ2) is 21.1. The van der Waals surface area contributed by atoms with Crippen LogP contribution in [0.3, 0.4) is 0 Å². The van der Waals surface area contributed by atoms with Crippen LogP contribution in [-0.4, -0.2) is 55.4 Å². The molecule has 0 saturated carbocycles. The maximum Gasteiger partial charge on any atom is 0.330 e. The predicted molar refractivity (Wildman–Crippen MR) is 219 cm³/mol. The summed E-state index contributed by atoms with van der Waals surface area (Å²) in [6, 6.07) is 25.4. The van der Waals surface area contributed by atoms with Crippen molar-refractivity contribution in [3.05, 3.63) is 154 Å². The number of nitrogens with zero attached hydrogens (tertiary/aromatic N) is 6. The standard InChI is InChI=1S/2C21H17N3O6.Cr/c2*1-2-20(27)30-10-9-14-11-16(19(26)12-17(14)24(28)29)22-23-21-15-6-4-3-5-13(15)7-8-18(21)25;/h2*2-8,11-12,25-26H,1,9-10H2;. The predicted octanol–water partition coefficient (Wildman–Crippen LogP) is 9.69. The number of fused-ring (bicyclic) bond motifs is 2. The van der Waals surface area contributed by atoms with Crippen LogP contribution in [0.15, 0.2) is 143 Å². The number of azo groups is 2. The van der Waals surface area contributed by atoms with E-state index in [1.165, 1.54) is 24.3 Å². The molecule has 4 N–H and O–H groups in total. The van der Waals surface area contributed by atoms with Gasteiger partial charge in [-0.15, -0.1) is 20.5 Å². The number of benzene rings is 6. The molecular weight excluding hydrogens is 832 g/mol. The van der Waals surface area contributed by atoms with Gasteiger partial charge in [0.1, 0.15) is 45.7 Å². The molecule has 0 aliphatic heterocycles. The molecule has 18 nitrogen and oxygen atoms in total. The third-order valence-corrected chi connectivity index (χ3v) is 8.58. The molecule has 6 rings (SSSR count). The zero-order valence-corrected chi connectivity index (χ0v) is 33.1. The first-order valence-electron chi connectivity index (χ1n) is 17.6. The first-order chi connectivity index (χ1) is 28.8. The second-order valence-corrected chi connectivity index (χ2v) is 12.4. The van der Waals surface area contributed by atoms with Gasteiger partial charge >= 0.3 is 11.9 Å². The van der Waals surface area contributed by atoms with Crippen molar-refractivity contribution in [2.75, 3.05) is 13.2 Å². The minimum atomic E-state index is -0.651. The summed E-state index contributed by atoms with van der Waals surface area (Å²) >= 11 is 0. The minimum absolute atomic E-state index is 0. The summed E-state index contributed by atoms with van der Waals surface area (Å²) in [5.41, 5.74) is 0.0651. The quantitative estimate of drug-likeness (QED) is 0.0262.